The van der Waals surface area contributed by atoms with Crippen molar-refractivity contribution in [2.45, 2.75) is 11.3 Å². The normalized spacial score (nSPS) is 11.0. The summed E-state index contributed by atoms with van der Waals surface area (Å²) in [5.41, 5.74) is 1.23. The first kappa shape index (κ1) is 20.3. The topological polar surface area (TPSA) is 116 Å². The molecule has 0 fully saturated rings. The standard InChI is InChI=1S/C17H17IN2O5S/c18-14-3-1-2-13(10-14)17(22)25-11-16(21)20-9-8-12-4-6-15(7-5-12)26(19,23)24/h1-7,10H,8-9,11H2,(H,20,21)(H2,19,23,24). The molecule has 0 aromatic heterocycles. The van der Waals surface area contributed by atoms with Crippen LogP contribution in [-0.2, 0) is 26.0 Å². The summed E-state index contributed by atoms with van der Waals surface area (Å²) in [4.78, 5) is 23.6. The number of nitrogens with two attached hydrogens (primary N) is 1. The molecule has 0 spiro atoms. The summed E-state index contributed by atoms with van der Waals surface area (Å²) in [5.74, 6) is -0.970. The molecule has 138 valence electrons. The van der Waals surface area contributed by atoms with Crippen LogP contribution in [-0.4, -0.2) is 33.4 Å². The summed E-state index contributed by atoms with van der Waals surface area (Å²) >= 11 is 2.08. The third-order valence-electron chi connectivity index (χ3n) is 3.38. The molecule has 0 aliphatic rings. The zero-order valence-corrected chi connectivity index (χ0v) is 16.6. The van der Waals surface area contributed by atoms with Gasteiger partial charge >= 0.3 is 5.97 Å². The molecule has 0 heterocycles. The van der Waals surface area contributed by atoms with Gasteiger partial charge < -0.3 is 10.1 Å². The predicted molar refractivity (Wildman–Crippen MR) is 104 cm³/mol. The Morgan fingerprint density at radius 2 is 1.81 bits per heavy atom. The molecule has 0 atom stereocenters. The van der Waals surface area contributed by atoms with E-state index in [1.807, 2.05) is 6.07 Å². The van der Waals surface area contributed by atoms with E-state index in [1.54, 1.807) is 30.3 Å². The SMILES string of the molecule is NS(=O)(=O)c1ccc(CCNC(=O)COC(=O)c2cccc(I)c2)cc1. The highest BCUT2D eigenvalue weighted by atomic mass is 127. The van der Waals surface area contributed by atoms with Gasteiger partial charge in [-0.1, -0.05) is 18.2 Å². The maximum atomic E-state index is 11.8. The number of sulfonamides is 1. The molecule has 3 N–H and O–H groups in total. The van der Waals surface area contributed by atoms with E-state index in [0.29, 0.717) is 18.5 Å². The lowest BCUT2D eigenvalue weighted by Crippen LogP contribution is -2.30. The predicted octanol–water partition coefficient (Wildman–Crippen LogP) is 1.45. The molecule has 1 amide bonds. The van der Waals surface area contributed by atoms with Crippen molar-refractivity contribution in [1.82, 2.24) is 5.32 Å². The Morgan fingerprint density at radius 3 is 2.42 bits per heavy atom. The van der Waals surface area contributed by atoms with Crippen LogP contribution in [0.3, 0.4) is 0 Å². The summed E-state index contributed by atoms with van der Waals surface area (Å²) in [6.07, 6.45) is 0.501. The molecule has 0 unspecified atom stereocenters. The third-order valence-corrected chi connectivity index (χ3v) is 4.98. The number of carbonyl (C=O) groups excluding carboxylic acids is 2. The van der Waals surface area contributed by atoms with Gasteiger partial charge in [0.05, 0.1) is 10.5 Å². The summed E-state index contributed by atoms with van der Waals surface area (Å²) in [6.45, 7) is -0.0387. The summed E-state index contributed by atoms with van der Waals surface area (Å²) < 4.78 is 28.2. The van der Waals surface area contributed by atoms with Crippen LogP contribution in [0, 0.1) is 3.57 Å². The van der Waals surface area contributed by atoms with Gasteiger partial charge in [-0.15, -0.1) is 0 Å². The van der Waals surface area contributed by atoms with Gasteiger partial charge in [0.15, 0.2) is 6.61 Å². The fraction of sp³-hybridized carbons (Fsp3) is 0.176. The van der Waals surface area contributed by atoms with E-state index >= 15 is 0 Å². The van der Waals surface area contributed by atoms with Crippen LogP contribution in [0.2, 0.25) is 0 Å². The first-order valence-electron chi connectivity index (χ1n) is 7.57. The number of nitrogens with one attached hydrogen (secondary N) is 1. The van der Waals surface area contributed by atoms with Gasteiger partial charge in [-0.2, -0.15) is 0 Å². The zero-order chi connectivity index (χ0) is 19.2. The molecule has 0 radical (unpaired) electrons. The molecule has 0 bridgehead atoms. The highest BCUT2D eigenvalue weighted by Crippen LogP contribution is 2.10. The van der Waals surface area contributed by atoms with Crippen molar-refractivity contribution < 1.29 is 22.7 Å². The number of amides is 1. The second-order valence-electron chi connectivity index (χ2n) is 5.38. The molecule has 2 aromatic carbocycles. The Morgan fingerprint density at radius 1 is 1.12 bits per heavy atom. The molecular formula is C17H17IN2O5S. The molecule has 0 saturated carbocycles. The van der Waals surface area contributed by atoms with Crippen LogP contribution in [0.1, 0.15) is 15.9 Å². The highest BCUT2D eigenvalue weighted by molar-refractivity contribution is 14.1. The van der Waals surface area contributed by atoms with Crippen molar-refractivity contribution in [2.24, 2.45) is 5.14 Å². The lowest BCUT2D eigenvalue weighted by atomic mass is 10.1. The summed E-state index contributed by atoms with van der Waals surface area (Å²) in [7, 11) is -3.71. The van der Waals surface area contributed by atoms with Crippen molar-refractivity contribution >= 4 is 44.5 Å². The second kappa shape index (κ2) is 9.10. The maximum Gasteiger partial charge on any atom is 0.338 e. The molecular weight excluding hydrogens is 471 g/mol. The Hall–Kier alpha value is -1.98. The number of hydrogen-bond acceptors (Lipinski definition) is 5. The van der Waals surface area contributed by atoms with Gasteiger partial charge in [0, 0.05) is 10.1 Å². The summed E-state index contributed by atoms with van der Waals surface area (Å²) in [5, 5.41) is 7.66. The van der Waals surface area contributed by atoms with Crippen LogP contribution in [0.4, 0.5) is 0 Å². The second-order valence-corrected chi connectivity index (χ2v) is 8.18. The lowest BCUT2D eigenvalue weighted by molar-refractivity contribution is -0.124. The van der Waals surface area contributed by atoms with Gasteiger partial charge in [0.2, 0.25) is 10.0 Å². The van der Waals surface area contributed by atoms with Crippen LogP contribution in [0.25, 0.3) is 0 Å². The van der Waals surface area contributed by atoms with Gasteiger partial charge in [0.1, 0.15) is 0 Å². The molecule has 2 rings (SSSR count). The highest BCUT2D eigenvalue weighted by Gasteiger charge is 2.10. The van der Waals surface area contributed by atoms with Gasteiger partial charge in [-0.05, 0) is 64.9 Å². The van der Waals surface area contributed by atoms with Crippen molar-refractivity contribution in [3.05, 3.63) is 63.2 Å². The van der Waals surface area contributed by atoms with E-state index in [9.17, 15) is 18.0 Å². The van der Waals surface area contributed by atoms with Crippen molar-refractivity contribution in [3.8, 4) is 0 Å². The zero-order valence-electron chi connectivity index (χ0n) is 13.6. The Kier molecular flexibility index (Phi) is 7.12. The Labute approximate surface area is 165 Å². The average Bonchev–Trinajstić information content (AvgIpc) is 2.59. The first-order valence-corrected chi connectivity index (χ1v) is 10.2. The van der Waals surface area contributed by atoms with E-state index in [2.05, 4.69) is 27.9 Å². The maximum absolute atomic E-state index is 11.8. The number of carbonyl (C=O) groups is 2. The first-order chi connectivity index (χ1) is 12.3. The number of rotatable bonds is 7. The van der Waals surface area contributed by atoms with Crippen molar-refractivity contribution in [1.29, 1.82) is 0 Å². The third kappa shape index (κ3) is 6.39. The molecule has 0 aliphatic carbocycles. The molecule has 2 aromatic rings. The van der Waals surface area contributed by atoms with Crippen molar-refractivity contribution in [2.75, 3.05) is 13.2 Å². The largest absolute Gasteiger partial charge is 0.452 e. The molecule has 0 saturated heterocycles. The minimum atomic E-state index is -3.71. The van der Waals surface area contributed by atoms with E-state index in [1.165, 1.54) is 12.1 Å². The molecule has 0 aliphatic heterocycles. The number of benzene rings is 2. The van der Waals surface area contributed by atoms with E-state index in [-0.39, 0.29) is 11.5 Å². The van der Waals surface area contributed by atoms with Crippen LogP contribution >= 0.6 is 22.6 Å². The molecule has 26 heavy (non-hydrogen) atoms. The average molecular weight is 488 g/mol. The fourth-order valence-corrected chi connectivity index (χ4v) is 3.13. The molecule has 7 nitrogen and oxygen atoms in total. The minimum Gasteiger partial charge on any atom is -0.452 e. The number of hydrogen-bond donors (Lipinski definition) is 2. The lowest BCUT2D eigenvalue weighted by Gasteiger charge is -2.07. The molecule has 9 heteroatoms. The van der Waals surface area contributed by atoms with Crippen LogP contribution in [0.5, 0.6) is 0 Å². The van der Waals surface area contributed by atoms with Crippen LogP contribution in [0.15, 0.2) is 53.4 Å². The van der Waals surface area contributed by atoms with E-state index < -0.39 is 21.9 Å². The Balaban J connectivity index is 1.74. The monoisotopic (exact) mass is 488 g/mol. The number of halogens is 1. The number of primary sulfonamides is 1. The number of ether oxygens (including phenoxy) is 1. The van der Waals surface area contributed by atoms with Crippen molar-refractivity contribution in [3.63, 3.8) is 0 Å². The van der Waals surface area contributed by atoms with Crippen LogP contribution < -0.4 is 10.5 Å². The fourth-order valence-electron chi connectivity index (χ4n) is 2.07. The Bertz CT molecular complexity index is 898. The minimum absolute atomic E-state index is 0.0350. The van der Waals surface area contributed by atoms with Gasteiger partial charge in [-0.25, -0.2) is 18.4 Å². The van der Waals surface area contributed by atoms with Gasteiger partial charge in [-0.3, -0.25) is 4.79 Å². The van der Waals surface area contributed by atoms with E-state index in [4.69, 9.17) is 9.88 Å². The quantitative estimate of drug-likeness (QED) is 0.453. The summed E-state index contributed by atoms with van der Waals surface area (Å²) in [6, 6.07) is 13.0. The van der Waals surface area contributed by atoms with Gasteiger partial charge in [0.25, 0.3) is 5.91 Å². The van der Waals surface area contributed by atoms with E-state index in [0.717, 1.165) is 9.13 Å². The smallest absolute Gasteiger partial charge is 0.338 e. The number of esters is 1.